The Hall–Kier alpha value is -2.96. The second-order valence-corrected chi connectivity index (χ2v) is 5.41. The summed E-state index contributed by atoms with van der Waals surface area (Å²) in [6.45, 7) is 18.2. The molecule has 0 bridgehead atoms. The molecule has 0 heterocycles. The predicted molar refractivity (Wildman–Crippen MR) is 125 cm³/mol. The molecule has 0 aliphatic rings. The van der Waals surface area contributed by atoms with Gasteiger partial charge in [0.25, 0.3) is 0 Å². The van der Waals surface area contributed by atoms with E-state index in [1.165, 1.54) is 11.1 Å². The lowest BCUT2D eigenvalue weighted by molar-refractivity contribution is 1.41. The van der Waals surface area contributed by atoms with Crippen LogP contribution in [0.2, 0.25) is 0 Å². The van der Waals surface area contributed by atoms with Gasteiger partial charge in [-0.1, -0.05) is 74.8 Å². The van der Waals surface area contributed by atoms with Crippen LogP contribution in [0, 0.1) is 24.7 Å². The first-order valence-corrected chi connectivity index (χ1v) is 9.27. The second kappa shape index (κ2) is 16.5. The third kappa shape index (κ3) is 9.94. The molecule has 1 aromatic rings. The molecule has 0 amide bonds. The second-order valence-electron chi connectivity index (χ2n) is 5.41. The predicted octanol–water partition coefficient (Wildman–Crippen LogP) is 7.76. The topological polar surface area (TPSA) is 0 Å². The first kappa shape index (κ1) is 26.3. The third-order valence-corrected chi connectivity index (χ3v) is 3.53. The summed E-state index contributed by atoms with van der Waals surface area (Å²) in [5.41, 5.74) is 6.62. The van der Waals surface area contributed by atoms with Crippen LogP contribution in [0.15, 0.2) is 77.9 Å². The van der Waals surface area contributed by atoms with E-state index in [1.807, 2.05) is 52.8 Å². The zero-order valence-electron chi connectivity index (χ0n) is 18.1. The molecule has 0 N–H and O–H groups in total. The maximum atomic E-state index is 4.06. The molecular formula is C27H34. The Kier molecular flexibility index (Phi) is 16.1. The number of benzene rings is 1. The van der Waals surface area contributed by atoms with E-state index < -0.39 is 0 Å². The van der Waals surface area contributed by atoms with E-state index in [2.05, 4.69) is 81.5 Å². The Morgan fingerprint density at radius 3 is 1.85 bits per heavy atom. The molecule has 0 atom stereocenters. The lowest BCUT2D eigenvalue weighted by Crippen LogP contribution is -1.87. The molecular weight excluding hydrogens is 324 g/mol. The Morgan fingerprint density at radius 1 is 0.926 bits per heavy atom. The van der Waals surface area contributed by atoms with Gasteiger partial charge >= 0.3 is 0 Å². The van der Waals surface area contributed by atoms with Crippen molar-refractivity contribution in [1.29, 1.82) is 0 Å². The van der Waals surface area contributed by atoms with Crippen molar-refractivity contribution >= 4 is 5.57 Å². The van der Waals surface area contributed by atoms with E-state index in [0.717, 1.165) is 22.3 Å². The Morgan fingerprint density at radius 2 is 1.44 bits per heavy atom. The summed E-state index contributed by atoms with van der Waals surface area (Å²) in [6, 6.07) is 8.37. The normalized spacial score (nSPS) is 11.4. The van der Waals surface area contributed by atoms with Crippen molar-refractivity contribution in [3.05, 3.63) is 89.1 Å². The minimum atomic E-state index is 0.992. The number of rotatable bonds is 4. The number of hydrogen-bond donors (Lipinski definition) is 0. The van der Waals surface area contributed by atoms with E-state index in [0.29, 0.717) is 0 Å². The highest BCUT2D eigenvalue weighted by atomic mass is 14.0. The summed E-state index contributed by atoms with van der Waals surface area (Å²) in [6.07, 6.45) is 18.2. The van der Waals surface area contributed by atoms with Gasteiger partial charge in [0.1, 0.15) is 0 Å². The van der Waals surface area contributed by atoms with Crippen molar-refractivity contribution in [2.75, 3.05) is 0 Å². The van der Waals surface area contributed by atoms with E-state index in [-0.39, 0.29) is 0 Å². The average molecular weight is 359 g/mol. The van der Waals surface area contributed by atoms with Crippen molar-refractivity contribution in [3.8, 4) is 24.7 Å². The van der Waals surface area contributed by atoms with Gasteiger partial charge in [0.05, 0.1) is 0 Å². The molecule has 0 saturated heterocycles. The van der Waals surface area contributed by atoms with Crippen LogP contribution in [-0.2, 0) is 0 Å². The standard InChI is InChI=1S/C23H26.C2H6.C2H2/c1-7-10-22(23(11-8-2)18(4)5)17-14-20-12-15-21(16-13-20)19(6)9-3;2*1-2/h7-13,15-16H,4H2,1-3,5-6H3;1-2H3;1-2H/b10-7-,11-8-,19-9+,23-22+;;. The summed E-state index contributed by atoms with van der Waals surface area (Å²) < 4.78 is 0. The van der Waals surface area contributed by atoms with E-state index in [4.69, 9.17) is 0 Å². The fourth-order valence-electron chi connectivity index (χ4n) is 2.12. The smallest absolute Gasteiger partial charge is 0.0320 e. The highest BCUT2D eigenvalue weighted by molar-refractivity contribution is 5.64. The molecule has 0 radical (unpaired) electrons. The fourth-order valence-corrected chi connectivity index (χ4v) is 2.12. The van der Waals surface area contributed by atoms with Crippen molar-refractivity contribution in [1.82, 2.24) is 0 Å². The Bertz CT molecular complexity index is 761. The van der Waals surface area contributed by atoms with Gasteiger partial charge in [-0.3, -0.25) is 0 Å². The molecule has 0 aliphatic carbocycles. The van der Waals surface area contributed by atoms with E-state index in [1.54, 1.807) is 0 Å². The number of hydrogen-bond acceptors (Lipinski definition) is 0. The maximum Gasteiger partial charge on any atom is 0.0320 e. The van der Waals surface area contributed by atoms with E-state index >= 15 is 0 Å². The average Bonchev–Trinajstić information content (AvgIpc) is 2.72. The first-order chi connectivity index (χ1) is 13.0. The van der Waals surface area contributed by atoms with Crippen LogP contribution in [0.5, 0.6) is 0 Å². The van der Waals surface area contributed by atoms with Gasteiger partial charge in [0.15, 0.2) is 0 Å². The lowest BCUT2D eigenvalue weighted by Gasteiger charge is -2.03. The van der Waals surface area contributed by atoms with Crippen LogP contribution < -0.4 is 0 Å². The maximum absolute atomic E-state index is 4.06. The summed E-state index contributed by atoms with van der Waals surface area (Å²) in [7, 11) is 0. The molecule has 27 heavy (non-hydrogen) atoms. The molecule has 0 aliphatic heterocycles. The first-order valence-electron chi connectivity index (χ1n) is 9.27. The minimum Gasteiger partial charge on any atom is -0.124 e. The molecule has 1 aromatic carbocycles. The van der Waals surface area contributed by atoms with Gasteiger partial charge in [-0.25, -0.2) is 0 Å². The van der Waals surface area contributed by atoms with Gasteiger partial charge in [-0.15, -0.1) is 12.8 Å². The molecule has 142 valence electrons. The van der Waals surface area contributed by atoms with Gasteiger partial charge in [0.2, 0.25) is 0 Å². The molecule has 0 heteroatoms. The fraction of sp³-hybridized carbons (Fsp3) is 0.259. The molecule has 0 nitrogen and oxygen atoms in total. The zero-order valence-corrected chi connectivity index (χ0v) is 18.1. The van der Waals surface area contributed by atoms with Crippen LogP contribution in [0.25, 0.3) is 5.57 Å². The minimum absolute atomic E-state index is 0.992. The Labute approximate surface area is 168 Å². The molecule has 0 unspecified atom stereocenters. The van der Waals surface area contributed by atoms with Crippen molar-refractivity contribution < 1.29 is 0 Å². The largest absolute Gasteiger partial charge is 0.124 e. The number of terminal acetylenes is 1. The molecule has 0 aromatic heterocycles. The monoisotopic (exact) mass is 358 g/mol. The Balaban J connectivity index is 0. The summed E-state index contributed by atoms with van der Waals surface area (Å²) in [5.74, 6) is 6.54. The SMILES string of the molecule is C#C.C=C(C)C(/C=C\C)=C(C#Cc1ccc(/C(C)=C/C)cc1)\C=C/C.CC. The van der Waals surface area contributed by atoms with Gasteiger partial charge in [-0.2, -0.15) is 0 Å². The lowest BCUT2D eigenvalue weighted by atomic mass is 10.0. The van der Waals surface area contributed by atoms with Gasteiger partial charge in [-0.05, 0) is 69.0 Å². The van der Waals surface area contributed by atoms with Crippen LogP contribution in [0.3, 0.4) is 0 Å². The van der Waals surface area contributed by atoms with Gasteiger partial charge in [0, 0.05) is 11.1 Å². The van der Waals surface area contributed by atoms with Crippen molar-refractivity contribution in [2.45, 2.75) is 48.5 Å². The van der Waals surface area contributed by atoms with Crippen molar-refractivity contribution in [2.24, 2.45) is 0 Å². The number of allylic oxidation sites excluding steroid dienone is 9. The van der Waals surface area contributed by atoms with E-state index in [9.17, 15) is 0 Å². The highest BCUT2D eigenvalue weighted by Gasteiger charge is 2.00. The zero-order chi connectivity index (χ0) is 21.2. The summed E-state index contributed by atoms with van der Waals surface area (Å²) in [4.78, 5) is 0. The molecule has 1 rings (SSSR count). The van der Waals surface area contributed by atoms with Crippen molar-refractivity contribution in [3.63, 3.8) is 0 Å². The molecule has 0 fully saturated rings. The van der Waals surface area contributed by atoms with Gasteiger partial charge < -0.3 is 0 Å². The van der Waals surface area contributed by atoms with Crippen LogP contribution >= 0.6 is 0 Å². The summed E-state index contributed by atoms with van der Waals surface area (Å²) >= 11 is 0. The quantitative estimate of drug-likeness (QED) is 0.381. The highest BCUT2D eigenvalue weighted by Crippen LogP contribution is 2.17. The molecule has 0 spiro atoms. The summed E-state index contributed by atoms with van der Waals surface area (Å²) in [5, 5.41) is 0. The molecule has 0 saturated carbocycles. The van der Waals surface area contributed by atoms with Crippen LogP contribution in [-0.4, -0.2) is 0 Å². The van der Waals surface area contributed by atoms with Crippen LogP contribution in [0.4, 0.5) is 0 Å². The van der Waals surface area contributed by atoms with Crippen LogP contribution in [0.1, 0.15) is 59.6 Å². The third-order valence-electron chi connectivity index (χ3n) is 3.53.